The fourth-order valence-electron chi connectivity index (χ4n) is 3.66. The molecule has 1 atom stereocenters. The molecule has 1 N–H and O–H groups in total. The van der Waals surface area contributed by atoms with Gasteiger partial charge in [-0.15, -0.1) is 0 Å². The number of rotatable bonds is 9. The van der Waals surface area contributed by atoms with Crippen molar-refractivity contribution in [3.8, 4) is 0 Å². The van der Waals surface area contributed by atoms with Crippen LogP contribution < -0.4 is 5.32 Å². The number of benzene rings is 2. The van der Waals surface area contributed by atoms with Crippen molar-refractivity contribution in [1.29, 1.82) is 0 Å². The Balaban J connectivity index is 1.53. The lowest BCUT2D eigenvalue weighted by Crippen LogP contribution is -2.40. The molecule has 2 aromatic rings. The van der Waals surface area contributed by atoms with E-state index in [1.165, 1.54) is 11.6 Å². The van der Waals surface area contributed by atoms with Gasteiger partial charge in [0.1, 0.15) is 5.82 Å². The van der Waals surface area contributed by atoms with Gasteiger partial charge in [0.25, 0.3) is 0 Å². The molecule has 1 aliphatic heterocycles. The molecule has 0 aliphatic carbocycles. The Kier molecular flexibility index (Phi) is 8.66. The molecule has 0 bridgehead atoms. The van der Waals surface area contributed by atoms with E-state index in [1.807, 2.05) is 24.3 Å². The van der Waals surface area contributed by atoms with Gasteiger partial charge in [0, 0.05) is 38.2 Å². The molecule has 6 heteroatoms. The summed E-state index contributed by atoms with van der Waals surface area (Å²) in [4.78, 5) is 7.08. The van der Waals surface area contributed by atoms with Crippen LogP contribution in [0.1, 0.15) is 30.0 Å². The Morgan fingerprint density at radius 1 is 1.17 bits per heavy atom. The Bertz CT molecular complexity index is 813. The Hall–Kier alpha value is -2.44. The Labute approximate surface area is 178 Å². The predicted octanol–water partition coefficient (Wildman–Crippen LogP) is 3.98. The highest BCUT2D eigenvalue weighted by Crippen LogP contribution is 2.18. The number of halogens is 1. The second-order valence-corrected chi connectivity index (χ2v) is 7.63. The molecule has 3 rings (SSSR count). The Morgan fingerprint density at radius 3 is 2.77 bits per heavy atom. The van der Waals surface area contributed by atoms with E-state index in [1.54, 1.807) is 13.2 Å². The van der Waals surface area contributed by atoms with Crippen LogP contribution in [0.4, 0.5) is 4.39 Å². The van der Waals surface area contributed by atoms with E-state index in [9.17, 15) is 4.39 Å². The fourth-order valence-corrected chi connectivity index (χ4v) is 3.66. The van der Waals surface area contributed by atoms with E-state index < -0.39 is 0 Å². The lowest BCUT2D eigenvalue weighted by atomic mass is 10.1. The number of hydrogen-bond acceptors (Lipinski definition) is 3. The summed E-state index contributed by atoms with van der Waals surface area (Å²) < 4.78 is 24.8. The third-order valence-electron chi connectivity index (χ3n) is 5.21. The molecule has 1 aliphatic rings. The molecule has 1 saturated heterocycles. The summed E-state index contributed by atoms with van der Waals surface area (Å²) >= 11 is 0. The summed E-state index contributed by atoms with van der Waals surface area (Å²) in [7, 11) is 1.57. The summed E-state index contributed by atoms with van der Waals surface area (Å²) in [6.45, 7) is 6.94. The van der Waals surface area contributed by atoms with E-state index in [4.69, 9.17) is 14.5 Å². The van der Waals surface area contributed by atoms with Crippen molar-refractivity contribution in [1.82, 2.24) is 10.2 Å². The number of guanidine groups is 1. The van der Waals surface area contributed by atoms with Crippen LogP contribution in [-0.2, 0) is 29.2 Å². The lowest BCUT2D eigenvalue weighted by molar-refractivity contribution is 0.0906. The molecule has 162 valence electrons. The largest absolute Gasteiger partial charge is 0.380 e. The second kappa shape index (κ2) is 11.7. The number of likely N-dealkylation sites (tertiary alicyclic amines) is 1. The van der Waals surface area contributed by atoms with Crippen molar-refractivity contribution in [3.05, 3.63) is 71.0 Å². The van der Waals surface area contributed by atoms with Crippen LogP contribution in [-0.4, -0.2) is 44.2 Å². The van der Waals surface area contributed by atoms with Crippen LogP contribution in [0.5, 0.6) is 0 Å². The van der Waals surface area contributed by atoms with E-state index in [-0.39, 0.29) is 12.4 Å². The number of methoxy groups -OCH3 is 1. The number of nitrogens with zero attached hydrogens (tertiary/aromatic N) is 2. The minimum Gasteiger partial charge on any atom is -0.380 e. The molecule has 5 nitrogen and oxygen atoms in total. The van der Waals surface area contributed by atoms with Gasteiger partial charge in [0.05, 0.1) is 26.4 Å². The van der Waals surface area contributed by atoms with Crippen LogP contribution in [0.15, 0.2) is 53.5 Å². The molecule has 0 spiro atoms. The molecule has 0 amide bonds. The zero-order valence-electron chi connectivity index (χ0n) is 17.9. The first kappa shape index (κ1) is 22.2. The zero-order valence-corrected chi connectivity index (χ0v) is 17.9. The molecule has 0 saturated carbocycles. The maximum absolute atomic E-state index is 13.8. The SMILES string of the molecule is CCNC(=NCc1ccc(F)c(COC)c1)N1CCC(COCc2ccccc2)C1. The monoisotopic (exact) mass is 413 g/mol. The van der Waals surface area contributed by atoms with Crippen molar-refractivity contribution in [3.63, 3.8) is 0 Å². The average Bonchev–Trinajstić information content (AvgIpc) is 3.23. The van der Waals surface area contributed by atoms with E-state index in [2.05, 4.69) is 29.3 Å². The van der Waals surface area contributed by atoms with Crippen LogP contribution in [0.2, 0.25) is 0 Å². The Morgan fingerprint density at radius 2 is 2.00 bits per heavy atom. The smallest absolute Gasteiger partial charge is 0.194 e. The van der Waals surface area contributed by atoms with Crippen molar-refractivity contribution in [2.24, 2.45) is 10.9 Å². The highest BCUT2D eigenvalue weighted by molar-refractivity contribution is 5.80. The molecule has 30 heavy (non-hydrogen) atoms. The van der Waals surface area contributed by atoms with Gasteiger partial charge >= 0.3 is 0 Å². The number of nitrogens with one attached hydrogen (secondary N) is 1. The first-order valence-electron chi connectivity index (χ1n) is 10.6. The normalized spacial score (nSPS) is 16.8. The second-order valence-electron chi connectivity index (χ2n) is 7.63. The van der Waals surface area contributed by atoms with Crippen LogP contribution >= 0.6 is 0 Å². The number of aliphatic imine (C=N–C) groups is 1. The first-order chi connectivity index (χ1) is 14.7. The predicted molar refractivity (Wildman–Crippen MR) is 118 cm³/mol. The van der Waals surface area contributed by atoms with Gasteiger partial charge in [-0.2, -0.15) is 0 Å². The topological polar surface area (TPSA) is 46.1 Å². The third kappa shape index (κ3) is 6.54. The van der Waals surface area contributed by atoms with Crippen LogP contribution in [0, 0.1) is 11.7 Å². The molecule has 1 heterocycles. The van der Waals surface area contributed by atoms with Crippen molar-refractivity contribution >= 4 is 5.96 Å². The van der Waals surface area contributed by atoms with Crippen LogP contribution in [0.3, 0.4) is 0 Å². The zero-order chi connectivity index (χ0) is 21.2. The first-order valence-corrected chi connectivity index (χ1v) is 10.6. The molecule has 2 aromatic carbocycles. The van der Waals surface area contributed by atoms with Crippen molar-refractivity contribution < 1.29 is 13.9 Å². The molecular weight excluding hydrogens is 381 g/mol. The van der Waals surface area contributed by atoms with Gasteiger partial charge in [-0.3, -0.25) is 0 Å². The quantitative estimate of drug-likeness (QED) is 0.499. The summed E-state index contributed by atoms with van der Waals surface area (Å²) in [5, 5.41) is 3.38. The van der Waals surface area contributed by atoms with Gasteiger partial charge in [0.15, 0.2) is 5.96 Å². The average molecular weight is 414 g/mol. The van der Waals surface area contributed by atoms with Crippen LogP contribution in [0.25, 0.3) is 0 Å². The summed E-state index contributed by atoms with van der Waals surface area (Å²) in [5.41, 5.74) is 2.74. The minimum atomic E-state index is -0.241. The summed E-state index contributed by atoms with van der Waals surface area (Å²) in [6.07, 6.45) is 1.09. The minimum absolute atomic E-state index is 0.241. The van der Waals surface area contributed by atoms with Gasteiger partial charge in [-0.1, -0.05) is 36.4 Å². The number of ether oxygens (including phenoxy) is 2. The number of hydrogen-bond donors (Lipinski definition) is 1. The standard InChI is InChI=1S/C24H32FN3O2/c1-3-26-24(27-14-20-9-10-23(25)22(13-20)18-29-2)28-12-11-21(15-28)17-30-16-19-7-5-4-6-8-19/h4-10,13,21H,3,11-12,14-18H2,1-2H3,(H,26,27). The summed E-state index contributed by atoms with van der Waals surface area (Å²) in [6, 6.07) is 15.4. The maximum Gasteiger partial charge on any atom is 0.194 e. The lowest BCUT2D eigenvalue weighted by Gasteiger charge is -2.22. The molecular formula is C24H32FN3O2. The molecule has 1 unspecified atom stereocenters. The fraction of sp³-hybridized carbons (Fsp3) is 0.458. The van der Waals surface area contributed by atoms with Crippen molar-refractivity contribution in [2.75, 3.05) is 33.4 Å². The van der Waals surface area contributed by atoms with E-state index in [0.29, 0.717) is 24.6 Å². The van der Waals surface area contributed by atoms with E-state index >= 15 is 0 Å². The molecule has 0 radical (unpaired) electrons. The van der Waals surface area contributed by atoms with E-state index in [0.717, 1.165) is 44.2 Å². The van der Waals surface area contributed by atoms with Gasteiger partial charge in [0.2, 0.25) is 0 Å². The third-order valence-corrected chi connectivity index (χ3v) is 5.21. The van der Waals surface area contributed by atoms with Gasteiger partial charge < -0.3 is 19.7 Å². The van der Waals surface area contributed by atoms with Crippen molar-refractivity contribution in [2.45, 2.75) is 33.1 Å². The van der Waals surface area contributed by atoms with Gasteiger partial charge in [-0.25, -0.2) is 9.38 Å². The summed E-state index contributed by atoms with van der Waals surface area (Å²) in [5.74, 6) is 1.16. The molecule has 1 fully saturated rings. The molecule has 0 aromatic heterocycles. The highest BCUT2D eigenvalue weighted by atomic mass is 19.1. The maximum atomic E-state index is 13.8. The highest BCUT2D eigenvalue weighted by Gasteiger charge is 2.25. The van der Waals surface area contributed by atoms with Gasteiger partial charge in [-0.05, 0) is 36.6 Å².